The third kappa shape index (κ3) is 5.39. The third-order valence-electron chi connectivity index (χ3n) is 5.59. The van der Waals surface area contributed by atoms with Crippen molar-refractivity contribution in [2.75, 3.05) is 6.61 Å². The number of amides is 1. The lowest BCUT2D eigenvalue weighted by atomic mass is 9.83. The van der Waals surface area contributed by atoms with E-state index in [4.69, 9.17) is 5.11 Å². The highest BCUT2D eigenvalue weighted by molar-refractivity contribution is 5.97. The van der Waals surface area contributed by atoms with Crippen LogP contribution in [0.2, 0.25) is 0 Å². The minimum absolute atomic E-state index is 0.0626. The van der Waals surface area contributed by atoms with E-state index >= 15 is 0 Å². The molecule has 0 aliphatic heterocycles. The SMILES string of the molecule is Cc1ccccc1C(CC(=O)c1ccc(=O)n(C)c1)c1ccc(C(=O)N[C@H](C)CO)cc1. The van der Waals surface area contributed by atoms with Crippen LogP contribution in [0.5, 0.6) is 0 Å². The summed E-state index contributed by atoms with van der Waals surface area (Å²) in [6.45, 7) is 3.61. The van der Waals surface area contributed by atoms with E-state index in [2.05, 4.69) is 5.32 Å². The van der Waals surface area contributed by atoms with E-state index in [1.54, 1.807) is 38.4 Å². The molecule has 0 spiro atoms. The van der Waals surface area contributed by atoms with Gasteiger partial charge in [0.15, 0.2) is 5.78 Å². The molecule has 0 saturated heterocycles. The number of aryl methyl sites for hydroxylation is 2. The standard InChI is InChI=1S/C26H28N2O4/c1-17-6-4-5-7-22(17)23(14-24(30)21-12-13-25(31)28(3)15-21)19-8-10-20(11-9-19)26(32)27-18(2)16-29/h4-13,15,18,23,29H,14,16H2,1-3H3,(H,27,32)/t18-,23?/m1/s1. The van der Waals surface area contributed by atoms with Crippen LogP contribution in [0.15, 0.2) is 71.7 Å². The quantitative estimate of drug-likeness (QED) is 0.535. The van der Waals surface area contributed by atoms with Gasteiger partial charge in [0, 0.05) is 48.8 Å². The van der Waals surface area contributed by atoms with Crippen molar-refractivity contribution in [2.45, 2.75) is 32.2 Å². The van der Waals surface area contributed by atoms with Crippen molar-refractivity contribution in [3.63, 3.8) is 0 Å². The van der Waals surface area contributed by atoms with Crippen molar-refractivity contribution < 1.29 is 14.7 Å². The number of rotatable bonds is 8. The highest BCUT2D eigenvalue weighted by atomic mass is 16.3. The maximum absolute atomic E-state index is 13.1. The number of Topliss-reactive ketones (excluding diaryl/α,β-unsaturated/α-hetero) is 1. The lowest BCUT2D eigenvalue weighted by molar-refractivity contribution is 0.0921. The van der Waals surface area contributed by atoms with Gasteiger partial charge < -0.3 is 15.0 Å². The monoisotopic (exact) mass is 432 g/mol. The summed E-state index contributed by atoms with van der Waals surface area (Å²) in [4.78, 5) is 37.1. The van der Waals surface area contributed by atoms with Crippen LogP contribution in [0.3, 0.4) is 0 Å². The lowest BCUT2D eigenvalue weighted by Crippen LogP contribution is -2.34. The number of hydrogen-bond acceptors (Lipinski definition) is 4. The number of benzene rings is 2. The minimum atomic E-state index is -0.332. The number of carbonyl (C=O) groups is 2. The molecule has 0 radical (unpaired) electrons. The van der Waals surface area contributed by atoms with E-state index in [1.807, 2.05) is 43.3 Å². The fourth-order valence-corrected chi connectivity index (χ4v) is 3.67. The number of nitrogens with one attached hydrogen (secondary N) is 1. The van der Waals surface area contributed by atoms with Crippen LogP contribution in [0.25, 0.3) is 0 Å². The van der Waals surface area contributed by atoms with Gasteiger partial charge in [-0.3, -0.25) is 14.4 Å². The fraction of sp³-hybridized carbons (Fsp3) is 0.269. The van der Waals surface area contributed by atoms with Crippen molar-refractivity contribution in [3.05, 3.63) is 105 Å². The molecular formula is C26H28N2O4. The zero-order chi connectivity index (χ0) is 23.3. The van der Waals surface area contributed by atoms with Gasteiger partial charge in [-0.2, -0.15) is 0 Å². The first-order chi connectivity index (χ1) is 15.3. The molecule has 0 saturated carbocycles. The number of ketones is 1. The van der Waals surface area contributed by atoms with Gasteiger partial charge in [0.05, 0.1) is 6.61 Å². The second-order valence-corrected chi connectivity index (χ2v) is 8.08. The highest BCUT2D eigenvalue weighted by Crippen LogP contribution is 2.31. The summed E-state index contributed by atoms with van der Waals surface area (Å²) < 4.78 is 1.40. The molecule has 6 heteroatoms. The number of aliphatic hydroxyl groups is 1. The molecule has 0 bridgehead atoms. The molecular weight excluding hydrogens is 404 g/mol. The lowest BCUT2D eigenvalue weighted by Gasteiger charge is -2.20. The maximum atomic E-state index is 13.1. The zero-order valence-electron chi connectivity index (χ0n) is 18.5. The Kier molecular flexibility index (Phi) is 7.38. The van der Waals surface area contributed by atoms with Gasteiger partial charge in [-0.1, -0.05) is 36.4 Å². The van der Waals surface area contributed by atoms with Crippen LogP contribution in [-0.2, 0) is 7.05 Å². The van der Waals surface area contributed by atoms with Crippen molar-refractivity contribution in [3.8, 4) is 0 Å². The molecule has 0 aliphatic rings. The first kappa shape index (κ1) is 23.2. The number of carbonyl (C=O) groups excluding carboxylic acids is 2. The molecule has 0 fully saturated rings. The highest BCUT2D eigenvalue weighted by Gasteiger charge is 2.21. The van der Waals surface area contributed by atoms with Crippen molar-refractivity contribution in [1.29, 1.82) is 0 Å². The predicted octanol–water partition coefficient (Wildman–Crippen LogP) is 3.21. The number of pyridine rings is 1. The summed E-state index contributed by atoms with van der Waals surface area (Å²) in [6, 6.07) is 17.8. The first-order valence-electron chi connectivity index (χ1n) is 10.6. The molecule has 2 atom stereocenters. The van der Waals surface area contributed by atoms with E-state index in [-0.39, 0.29) is 42.2 Å². The number of aromatic nitrogens is 1. The molecule has 3 aromatic rings. The van der Waals surface area contributed by atoms with Crippen LogP contribution in [0.1, 0.15) is 56.7 Å². The van der Waals surface area contributed by atoms with Gasteiger partial charge in [0.25, 0.3) is 5.91 Å². The van der Waals surface area contributed by atoms with E-state index < -0.39 is 0 Å². The van der Waals surface area contributed by atoms with Crippen LogP contribution in [0, 0.1) is 6.92 Å². The molecule has 2 aromatic carbocycles. The van der Waals surface area contributed by atoms with E-state index in [0.29, 0.717) is 11.1 Å². The second-order valence-electron chi connectivity index (χ2n) is 8.08. The fourth-order valence-electron chi connectivity index (χ4n) is 3.67. The maximum Gasteiger partial charge on any atom is 0.251 e. The Morgan fingerprint density at radius 2 is 1.66 bits per heavy atom. The topological polar surface area (TPSA) is 88.4 Å². The molecule has 1 amide bonds. The smallest absolute Gasteiger partial charge is 0.251 e. The van der Waals surface area contributed by atoms with Crippen LogP contribution in [-0.4, -0.2) is 34.0 Å². The molecule has 32 heavy (non-hydrogen) atoms. The Balaban J connectivity index is 1.92. The third-order valence-corrected chi connectivity index (χ3v) is 5.59. The van der Waals surface area contributed by atoms with Gasteiger partial charge in [-0.25, -0.2) is 0 Å². The van der Waals surface area contributed by atoms with E-state index in [0.717, 1.165) is 16.7 Å². The average molecular weight is 433 g/mol. The van der Waals surface area contributed by atoms with Gasteiger partial charge >= 0.3 is 0 Å². The van der Waals surface area contributed by atoms with Gasteiger partial charge in [0.1, 0.15) is 0 Å². The molecule has 3 rings (SSSR count). The number of nitrogens with zero attached hydrogens (tertiary/aromatic N) is 1. The summed E-state index contributed by atoms with van der Waals surface area (Å²) >= 11 is 0. The van der Waals surface area contributed by atoms with Crippen molar-refractivity contribution in [1.82, 2.24) is 9.88 Å². The van der Waals surface area contributed by atoms with Gasteiger partial charge in [-0.05, 0) is 48.7 Å². The molecule has 1 aromatic heterocycles. The zero-order valence-corrected chi connectivity index (χ0v) is 18.5. The van der Waals surface area contributed by atoms with Crippen LogP contribution < -0.4 is 10.9 Å². The summed E-state index contributed by atoms with van der Waals surface area (Å²) in [5.41, 5.74) is 3.84. The summed E-state index contributed by atoms with van der Waals surface area (Å²) in [7, 11) is 1.62. The Labute approximate surface area is 187 Å². The summed E-state index contributed by atoms with van der Waals surface area (Å²) in [5.74, 6) is -0.520. The van der Waals surface area contributed by atoms with Gasteiger partial charge in [-0.15, -0.1) is 0 Å². The van der Waals surface area contributed by atoms with Crippen molar-refractivity contribution >= 4 is 11.7 Å². The van der Waals surface area contributed by atoms with Crippen LogP contribution in [0.4, 0.5) is 0 Å². The Morgan fingerprint density at radius 1 is 1.00 bits per heavy atom. The first-order valence-corrected chi connectivity index (χ1v) is 10.6. The predicted molar refractivity (Wildman–Crippen MR) is 124 cm³/mol. The molecule has 1 heterocycles. The van der Waals surface area contributed by atoms with Crippen LogP contribution >= 0.6 is 0 Å². The largest absolute Gasteiger partial charge is 0.394 e. The summed E-state index contributed by atoms with van der Waals surface area (Å²) in [5, 5.41) is 11.9. The van der Waals surface area contributed by atoms with Gasteiger partial charge in [0.2, 0.25) is 5.56 Å². The van der Waals surface area contributed by atoms with E-state index in [1.165, 1.54) is 10.6 Å². The minimum Gasteiger partial charge on any atom is -0.394 e. The normalized spacial score (nSPS) is 12.8. The number of hydrogen-bond donors (Lipinski definition) is 2. The Morgan fingerprint density at radius 3 is 2.28 bits per heavy atom. The Bertz CT molecular complexity index is 1160. The molecule has 2 N–H and O–H groups in total. The molecule has 1 unspecified atom stereocenters. The summed E-state index contributed by atoms with van der Waals surface area (Å²) in [6.07, 6.45) is 1.80. The molecule has 6 nitrogen and oxygen atoms in total. The van der Waals surface area contributed by atoms with E-state index in [9.17, 15) is 14.4 Å². The Hall–Kier alpha value is -3.51. The average Bonchev–Trinajstić information content (AvgIpc) is 2.79. The second kappa shape index (κ2) is 10.2. The molecule has 0 aliphatic carbocycles. The molecule has 166 valence electrons. The van der Waals surface area contributed by atoms with Crippen molar-refractivity contribution in [2.24, 2.45) is 7.05 Å². The number of aliphatic hydroxyl groups excluding tert-OH is 1.